The van der Waals surface area contributed by atoms with Crippen molar-refractivity contribution in [1.82, 2.24) is 5.32 Å². The Morgan fingerprint density at radius 2 is 2.27 bits per heavy atom. The Bertz CT molecular complexity index is 326. The Balaban J connectivity index is 0.00000112. The number of morpholine rings is 1. The van der Waals surface area contributed by atoms with Crippen LogP contribution in [0.1, 0.15) is 17.2 Å². The summed E-state index contributed by atoms with van der Waals surface area (Å²) in [5.41, 5.74) is 2.56. The molecule has 0 saturated carbocycles. The summed E-state index contributed by atoms with van der Waals surface area (Å²) in [5.74, 6) is 0. The number of ether oxygens (including phenoxy) is 1. The van der Waals surface area contributed by atoms with Gasteiger partial charge in [-0.05, 0) is 24.1 Å². The van der Waals surface area contributed by atoms with E-state index in [1.54, 1.807) is 0 Å². The number of hydrogen-bond donors (Lipinski definition) is 1. The highest BCUT2D eigenvalue weighted by Gasteiger charge is 2.17. The fourth-order valence-electron chi connectivity index (χ4n) is 1.68. The summed E-state index contributed by atoms with van der Waals surface area (Å²) in [5, 5.41) is 3.44. The molecule has 1 fully saturated rings. The van der Waals surface area contributed by atoms with Gasteiger partial charge in [-0.15, -0.1) is 12.4 Å². The van der Waals surface area contributed by atoms with E-state index in [2.05, 4.69) is 46.4 Å². The minimum atomic E-state index is 0. The lowest BCUT2D eigenvalue weighted by Gasteiger charge is -2.25. The predicted octanol–water partition coefficient (Wildman–Crippen LogP) is 2.84. The van der Waals surface area contributed by atoms with E-state index in [1.807, 2.05) is 0 Å². The summed E-state index contributed by atoms with van der Waals surface area (Å²) >= 11 is 3.59. The Morgan fingerprint density at radius 3 is 2.87 bits per heavy atom. The molecule has 1 aliphatic heterocycles. The number of rotatable bonds is 1. The number of benzene rings is 1. The van der Waals surface area contributed by atoms with Gasteiger partial charge in [0, 0.05) is 11.0 Å². The normalized spacial score (nSPS) is 20.8. The first kappa shape index (κ1) is 13.0. The molecule has 0 aliphatic carbocycles. The predicted molar refractivity (Wildman–Crippen MR) is 67.7 cm³/mol. The maximum absolute atomic E-state index is 5.44. The van der Waals surface area contributed by atoms with Gasteiger partial charge in [0.15, 0.2) is 0 Å². The van der Waals surface area contributed by atoms with Gasteiger partial charge in [0.2, 0.25) is 0 Å². The van der Waals surface area contributed by atoms with Crippen molar-refractivity contribution in [3.05, 3.63) is 33.8 Å². The van der Waals surface area contributed by atoms with Gasteiger partial charge in [0.05, 0.1) is 19.3 Å². The van der Waals surface area contributed by atoms with Crippen molar-refractivity contribution in [2.45, 2.75) is 13.0 Å². The van der Waals surface area contributed by atoms with Crippen LogP contribution in [0.2, 0.25) is 0 Å². The Kier molecular flexibility index (Phi) is 5.06. The zero-order valence-corrected chi connectivity index (χ0v) is 11.0. The van der Waals surface area contributed by atoms with E-state index in [9.17, 15) is 0 Å². The van der Waals surface area contributed by atoms with Gasteiger partial charge in [-0.25, -0.2) is 0 Å². The third-order valence-corrected chi connectivity index (χ3v) is 3.14. The highest BCUT2D eigenvalue weighted by molar-refractivity contribution is 9.10. The molecule has 2 rings (SSSR count). The molecule has 15 heavy (non-hydrogen) atoms. The molecule has 0 spiro atoms. The molecule has 1 N–H and O–H groups in total. The Morgan fingerprint density at radius 1 is 1.47 bits per heavy atom. The smallest absolute Gasteiger partial charge is 0.0662 e. The van der Waals surface area contributed by atoms with Crippen LogP contribution in [-0.4, -0.2) is 19.8 Å². The second-order valence-corrected chi connectivity index (χ2v) is 4.46. The van der Waals surface area contributed by atoms with Gasteiger partial charge in [-0.1, -0.05) is 28.1 Å². The average molecular weight is 293 g/mol. The molecule has 1 atom stereocenters. The molecular formula is C11H15BrClNO. The van der Waals surface area contributed by atoms with Crippen molar-refractivity contribution in [3.63, 3.8) is 0 Å². The molecule has 0 radical (unpaired) electrons. The minimum Gasteiger partial charge on any atom is -0.378 e. The largest absolute Gasteiger partial charge is 0.378 e. The van der Waals surface area contributed by atoms with Crippen LogP contribution in [0.3, 0.4) is 0 Å². The fraction of sp³-hybridized carbons (Fsp3) is 0.455. The Hall–Kier alpha value is -0.0900. The molecule has 1 saturated heterocycles. The summed E-state index contributed by atoms with van der Waals surface area (Å²) in [7, 11) is 0. The highest BCUT2D eigenvalue weighted by Crippen LogP contribution is 2.25. The summed E-state index contributed by atoms with van der Waals surface area (Å²) in [6.45, 7) is 4.62. The summed E-state index contributed by atoms with van der Waals surface area (Å²) in [4.78, 5) is 0. The van der Waals surface area contributed by atoms with Crippen molar-refractivity contribution >= 4 is 28.3 Å². The van der Waals surface area contributed by atoms with Crippen LogP contribution in [0, 0.1) is 6.92 Å². The van der Waals surface area contributed by atoms with E-state index in [0.29, 0.717) is 6.04 Å². The maximum atomic E-state index is 5.44. The Labute approximate surface area is 105 Å². The molecule has 0 bridgehead atoms. The van der Waals surface area contributed by atoms with Gasteiger partial charge in [0.1, 0.15) is 0 Å². The van der Waals surface area contributed by atoms with Crippen molar-refractivity contribution in [1.29, 1.82) is 0 Å². The molecule has 2 nitrogen and oxygen atoms in total. The van der Waals surface area contributed by atoms with Crippen LogP contribution in [0.15, 0.2) is 22.7 Å². The number of hydrogen-bond acceptors (Lipinski definition) is 2. The highest BCUT2D eigenvalue weighted by atomic mass is 79.9. The molecule has 0 amide bonds. The van der Waals surface area contributed by atoms with E-state index in [-0.39, 0.29) is 12.4 Å². The first-order chi connectivity index (χ1) is 6.77. The molecular weight excluding hydrogens is 277 g/mol. The van der Waals surface area contributed by atoms with Crippen LogP contribution < -0.4 is 5.32 Å². The monoisotopic (exact) mass is 291 g/mol. The molecule has 1 unspecified atom stereocenters. The average Bonchev–Trinajstić information content (AvgIpc) is 2.19. The zero-order chi connectivity index (χ0) is 9.97. The first-order valence-corrected chi connectivity index (χ1v) is 5.64. The van der Waals surface area contributed by atoms with Crippen LogP contribution in [0.5, 0.6) is 0 Å². The van der Waals surface area contributed by atoms with E-state index < -0.39 is 0 Å². The molecule has 1 heterocycles. The minimum absolute atomic E-state index is 0. The van der Waals surface area contributed by atoms with Crippen molar-refractivity contribution in [2.75, 3.05) is 19.8 Å². The van der Waals surface area contributed by atoms with Gasteiger partial charge in [-0.3, -0.25) is 0 Å². The number of halogens is 2. The van der Waals surface area contributed by atoms with Crippen LogP contribution in [-0.2, 0) is 4.74 Å². The molecule has 84 valence electrons. The van der Waals surface area contributed by atoms with Gasteiger partial charge < -0.3 is 10.1 Å². The van der Waals surface area contributed by atoms with Crippen molar-refractivity contribution in [2.24, 2.45) is 0 Å². The third-order valence-electron chi connectivity index (χ3n) is 2.45. The lowest BCUT2D eigenvalue weighted by molar-refractivity contribution is 0.0767. The van der Waals surface area contributed by atoms with Gasteiger partial charge in [0.25, 0.3) is 0 Å². The van der Waals surface area contributed by atoms with E-state index >= 15 is 0 Å². The maximum Gasteiger partial charge on any atom is 0.0662 e. The molecule has 1 aromatic rings. The van der Waals surface area contributed by atoms with Crippen molar-refractivity contribution < 1.29 is 4.74 Å². The summed E-state index contributed by atoms with van der Waals surface area (Å²) in [6.07, 6.45) is 0. The lowest BCUT2D eigenvalue weighted by atomic mass is 10.1. The second kappa shape index (κ2) is 5.85. The summed E-state index contributed by atoms with van der Waals surface area (Å²) < 4.78 is 6.61. The third kappa shape index (κ3) is 3.18. The SMILES string of the molecule is Cc1ccc(C2COCCN2)c(Br)c1.Cl. The quantitative estimate of drug-likeness (QED) is 0.859. The van der Waals surface area contributed by atoms with Gasteiger partial charge in [-0.2, -0.15) is 0 Å². The first-order valence-electron chi connectivity index (χ1n) is 4.84. The molecule has 1 aliphatic rings. The van der Waals surface area contributed by atoms with Crippen molar-refractivity contribution in [3.8, 4) is 0 Å². The topological polar surface area (TPSA) is 21.3 Å². The standard InChI is InChI=1S/C11H14BrNO.ClH/c1-8-2-3-9(10(12)6-8)11-7-14-5-4-13-11;/h2-3,6,11,13H,4-5,7H2,1H3;1H. The zero-order valence-electron chi connectivity index (χ0n) is 8.63. The van der Waals surface area contributed by atoms with Gasteiger partial charge >= 0.3 is 0 Å². The molecule has 0 aromatic heterocycles. The molecule has 4 heteroatoms. The molecule has 1 aromatic carbocycles. The van der Waals surface area contributed by atoms with E-state index in [0.717, 1.165) is 19.8 Å². The van der Waals surface area contributed by atoms with Crippen LogP contribution >= 0.6 is 28.3 Å². The van der Waals surface area contributed by atoms with Crippen LogP contribution in [0.25, 0.3) is 0 Å². The number of nitrogens with one attached hydrogen (secondary N) is 1. The van der Waals surface area contributed by atoms with E-state index in [4.69, 9.17) is 4.74 Å². The van der Waals surface area contributed by atoms with E-state index in [1.165, 1.54) is 15.6 Å². The summed E-state index contributed by atoms with van der Waals surface area (Å²) in [6, 6.07) is 6.77. The second-order valence-electron chi connectivity index (χ2n) is 3.61. The van der Waals surface area contributed by atoms with Crippen LogP contribution in [0.4, 0.5) is 0 Å². The number of aryl methyl sites for hydroxylation is 1. The fourth-order valence-corrected chi connectivity index (χ4v) is 2.45. The lowest BCUT2D eigenvalue weighted by Crippen LogP contribution is -2.34.